The van der Waals surface area contributed by atoms with Crippen LogP contribution in [0.15, 0.2) is 18.2 Å². The molecular weight excluding hydrogens is 272 g/mol. The summed E-state index contributed by atoms with van der Waals surface area (Å²) in [6, 6.07) is 6.17. The molecule has 0 radical (unpaired) electrons. The van der Waals surface area contributed by atoms with Crippen molar-refractivity contribution < 1.29 is 4.74 Å². The molecule has 3 nitrogen and oxygen atoms in total. The molecule has 0 amide bonds. The number of hydrogen-bond donors (Lipinski definition) is 1. The highest BCUT2D eigenvalue weighted by atomic mass is 35.5. The molecule has 20 heavy (non-hydrogen) atoms. The fourth-order valence-corrected chi connectivity index (χ4v) is 3.13. The molecule has 1 aliphatic heterocycles. The number of para-hydroxylation sites is 1. The number of rotatable bonds is 5. The lowest BCUT2D eigenvalue weighted by molar-refractivity contribution is -0.00525. The molecule has 1 aliphatic rings. The van der Waals surface area contributed by atoms with E-state index >= 15 is 0 Å². The van der Waals surface area contributed by atoms with E-state index < -0.39 is 0 Å². The van der Waals surface area contributed by atoms with Crippen molar-refractivity contribution in [1.29, 1.82) is 0 Å². The number of nitrogens with one attached hydrogen (secondary N) is 1. The first-order valence-electron chi connectivity index (χ1n) is 7.50. The van der Waals surface area contributed by atoms with Crippen LogP contribution in [0.5, 0.6) is 0 Å². The SMILES string of the molecule is CCCNCc1cccc(Cl)c1N1CC(C)OC(C)C1. The molecule has 1 N–H and O–H groups in total. The fourth-order valence-electron chi connectivity index (χ4n) is 2.82. The molecule has 0 aromatic heterocycles. The predicted octanol–water partition coefficient (Wildman–Crippen LogP) is 3.45. The molecule has 112 valence electrons. The van der Waals surface area contributed by atoms with Crippen molar-refractivity contribution >= 4 is 17.3 Å². The van der Waals surface area contributed by atoms with Crippen molar-refractivity contribution in [3.8, 4) is 0 Å². The highest BCUT2D eigenvalue weighted by Crippen LogP contribution is 2.32. The van der Waals surface area contributed by atoms with E-state index in [2.05, 4.69) is 37.1 Å². The monoisotopic (exact) mass is 296 g/mol. The Hall–Kier alpha value is -0.770. The van der Waals surface area contributed by atoms with Gasteiger partial charge in [-0.05, 0) is 38.4 Å². The minimum Gasteiger partial charge on any atom is -0.372 e. The standard InChI is InChI=1S/C16H25ClN2O/c1-4-8-18-9-14-6-5-7-15(17)16(14)19-10-12(2)20-13(3)11-19/h5-7,12-13,18H,4,8-11H2,1-3H3. The Balaban J connectivity index is 2.20. The number of nitrogens with zero attached hydrogens (tertiary/aromatic N) is 1. The van der Waals surface area contributed by atoms with E-state index in [0.29, 0.717) is 0 Å². The van der Waals surface area contributed by atoms with Gasteiger partial charge in [-0.1, -0.05) is 30.7 Å². The first-order valence-corrected chi connectivity index (χ1v) is 7.88. The van der Waals surface area contributed by atoms with Crippen molar-refractivity contribution in [2.45, 2.75) is 45.9 Å². The highest BCUT2D eigenvalue weighted by molar-refractivity contribution is 6.33. The zero-order valence-electron chi connectivity index (χ0n) is 12.7. The minimum absolute atomic E-state index is 0.242. The molecule has 4 heteroatoms. The van der Waals surface area contributed by atoms with Gasteiger partial charge in [-0.25, -0.2) is 0 Å². The smallest absolute Gasteiger partial charge is 0.0726 e. The summed E-state index contributed by atoms with van der Waals surface area (Å²) in [6.07, 6.45) is 1.62. The maximum Gasteiger partial charge on any atom is 0.0726 e. The zero-order valence-corrected chi connectivity index (χ0v) is 13.4. The fraction of sp³-hybridized carbons (Fsp3) is 0.625. The molecule has 1 aromatic carbocycles. The van der Waals surface area contributed by atoms with Crippen molar-refractivity contribution in [2.75, 3.05) is 24.5 Å². The van der Waals surface area contributed by atoms with E-state index in [1.807, 2.05) is 12.1 Å². The van der Waals surface area contributed by atoms with E-state index in [1.54, 1.807) is 0 Å². The minimum atomic E-state index is 0.242. The summed E-state index contributed by atoms with van der Waals surface area (Å²) in [6.45, 7) is 10.1. The maximum atomic E-state index is 6.46. The van der Waals surface area contributed by atoms with E-state index in [4.69, 9.17) is 16.3 Å². The van der Waals surface area contributed by atoms with E-state index in [-0.39, 0.29) is 12.2 Å². The van der Waals surface area contributed by atoms with Crippen molar-refractivity contribution in [3.05, 3.63) is 28.8 Å². The average Bonchev–Trinajstić information content (AvgIpc) is 2.38. The summed E-state index contributed by atoms with van der Waals surface area (Å²) in [5, 5.41) is 4.30. The number of ether oxygens (including phenoxy) is 1. The quantitative estimate of drug-likeness (QED) is 0.842. The van der Waals surface area contributed by atoms with Crippen LogP contribution in [0.1, 0.15) is 32.8 Å². The number of hydrogen-bond acceptors (Lipinski definition) is 3. The number of halogens is 1. The lowest BCUT2D eigenvalue weighted by Gasteiger charge is -2.38. The zero-order chi connectivity index (χ0) is 14.5. The first-order chi connectivity index (χ1) is 9.61. The highest BCUT2D eigenvalue weighted by Gasteiger charge is 2.25. The van der Waals surface area contributed by atoms with Gasteiger partial charge in [-0.2, -0.15) is 0 Å². The third-order valence-corrected chi connectivity index (χ3v) is 3.85. The molecule has 1 heterocycles. The Morgan fingerprint density at radius 1 is 1.30 bits per heavy atom. The van der Waals surface area contributed by atoms with Crippen LogP contribution in [-0.4, -0.2) is 31.8 Å². The van der Waals surface area contributed by atoms with Crippen LogP contribution in [0.2, 0.25) is 5.02 Å². The molecule has 2 rings (SSSR count). The summed E-state index contributed by atoms with van der Waals surface area (Å²) in [4.78, 5) is 2.37. The van der Waals surface area contributed by atoms with E-state index in [0.717, 1.165) is 37.6 Å². The molecule has 0 bridgehead atoms. The normalized spacial score (nSPS) is 23.1. The molecule has 2 atom stereocenters. The van der Waals surface area contributed by atoms with E-state index in [9.17, 15) is 0 Å². The second-order valence-electron chi connectivity index (χ2n) is 5.59. The van der Waals surface area contributed by atoms with Gasteiger partial charge in [0.15, 0.2) is 0 Å². The summed E-state index contributed by atoms with van der Waals surface area (Å²) in [5.74, 6) is 0. The molecule has 1 fully saturated rings. The lowest BCUT2D eigenvalue weighted by atomic mass is 10.1. The van der Waals surface area contributed by atoms with Crippen LogP contribution in [0, 0.1) is 0 Å². The molecule has 1 aromatic rings. The number of benzene rings is 1. The predicted molar refractivity (Wildman–Crippen MR) is 85.7 cm³/mol. The molecule has 0 spiro atoms. The molecular formula is C16H25ClN2O. The van der Waals surface area contributed by atoms with Crippen molar-refractivity contribution in [2.24, 2.45) is 0 Å². The van der Waals surface area contributed by atoms with Gasteiger partial charge in [0, 0.05) is 19.6 Å². The van der Waals surface area contributed by atoms with Gasteiger partial charge in [-0.15, -0.1) is 0 Å². The van der Waals surface area contributed by atoms with Gasteiger partial charge in [0.2, 0.25) is 0 Å². The Bertz CT molecular complexity index is 428. The first kappa shape index (κ1) is 15.6. The Kier molecular flexibility index (Phi) is 5.70. The van der Waals surface area contributed by atoms with Gasteiger partial charge in [0.25, 0.3) is 0 Å². The van der Waals surface area contributed by atoms with Crippen LogP contribution in [0.3, 0.4) is 0 Å². The summed E-state index contributed by atoms with van der Waals surface area (Å²) in [7, 11) is 0. The average molecular weight is 297 g/mol. The number of morpholine rings is 1. The molecule has 0 aliphatic carbocycles. The van der Waals surface area contributed by atoms with Crippen molar-refractivity contribution in [1.82, 2.24) is 5.32 Å². The largest absolute Gasteiger partial charge is 0.372 e. The Morgan fingerprint density at radius 2 is 2.00 bits per heavy atom. The third kappa shape index (κ3) is 3.87. The van der Waals surface area contributed by atoms with Crippen molar-refractivity contribution in [3.63, 3.8) is 0 Å². The number of anilines is 1. The Morgan fingerprint density at radius 3 is 2.65 bits per heavy atom. The molecule has 1 saturated heterocycles. The van der Waals surface area contributed by atoms with Gasteiger partial charge in [-0.3, -0.25) is 0 Å². The summed E-state index contributed by atoms with van der Waals surface area (Å²) in [5.41, 5.74) is 2.44. The molecule has 2 unspecified atom stereocenters. The van der Waals surface area contributed by atoms with Gasteiger partial charge in [0.1, 0.15) is 0 Å². The third-order valence-electron chi connectivity index (χ3n) is 3.55. The van der Waals surface area contributed by atoms with Gasteiger partial charge >= 0.3 is 0 Å². The van der Waals surface area contributed by atoms with Crippen LogP contribution in [0.4, 0.5) is 5.69 Å². The molecule has 0 saturated carbocycles. The van der Waals surface area contributed by atoms with Crippen LogP contribution in [-0.2, 0) is 11.3 Å². The maximum absolute atomic E-state index is 6.46. The van der Waals surface area contributed by atoms with Crippen LogP contribution >= 0.6 is 11.6 Å². The second-order valence-corrected chi connectivity index (χ2v) is 5.99. The van der Waals surface area contributed by atoms with Crippen LogP contribution in [0.25, 0.3) is 0 Å². The Labute approximate surface area is 127 Å². The second kappa shape index (κ2) is 7.30. The van der Waals surface area contributed by atoms with Gasteiger partial charge < -0.3 is 15.0 Å². The topological polar surface area (TPSA) is 24.5 Å². The summed E-state index contributed by atoms with van der Waals surface area (Å²) < 4.78 is 5.82. The van der Waals surface area contributed by atoms with Crippen LogP contribution < -0.4 is 10.2 Å². The summed E-state index contributed by atoms with van der Waals surface area (Å²) >= 11 is 6.46. The van der Waals surface area contributed by atoms with Gasteiger partial charge in [0.05, 0.1) is 22.9 Å². The lowest BCUT2D eigenvalue weighted by Crippen LogP contribution is -2.46. The van der Waals surface area contributed by atoms with E-state index in [1.165, 1.54) is 11.3 Å².